The van der Waals surface area contributed by atoms with Crippen LogP contribution in [0.5, 0.6) is 0 Å². The van der Waals surface area contributed by atoms with Crippen molar-refractivity contribution < 1.29 is 4.42 Å². The lowest BCUT2D eigenvalue weighted by molar-refractivity contribution is 0.672. The molecular formula is C56H39NOSi. The van der Waals surface area contributed by atoms with Crippen molar-refractivity contribution in [2.24, 2.45) is 0 Å². The molecule has 0 aliphatic carbocycles. The SMILES string of the molecule is c1ccc([Si](c2ccccc2)(c2ccccc2)c2ccc(-c3ccc(N(c4ccc5oc6c7ccccc7ccc6c5c4)c4cccc5ccccc45)cc3)cc2)cc1. The number of rotatable bonds is 8. The molecule has 10 aromatic carbocycles. The summed E-state index contributed by atoms with van der Waals surface area (Å²) in [5.74, 6) is 0. The topological polar surface area (TPSA) is 16.4 Å². The fourth-order valence-electron chi connectivity index (χ4n) is 9.24. The van der Waals surface area contributed by atoms with Crippen molar-refractivity contribution in [1.29, 1.82) is 0 Å². The normalized spacial score (nSPS) is 11.7. The number of fused-ring (bicyclic) bond motifs is 6. The van der Waals surface area contributed by atoms with Crippen LogP contribution in [-0.4, -0.2) is 8.07 Å². The molecule has 59 heavy (non-hydrogen) atoms. The Balaban J connectivity index is 1.02. The van der Waals surface area contributed by atoms with Crippen LogP contribution in [0.1, 0.15) is 0 Å². The van der Waals surface area contributed by atoms with Crippen LogP contribution >= 0.6 is 0 Å². The Labute approximate surface area is 344 Å². The van der Waals surface area contributed by atoms with Gasteiger partial charge in [-0.3, -0.25) is 0 Å². The second-order valence-electron chi connectivity index (χ2n) is 15.3. The van der Waals surface area contributed by atoms with Crippen molar-refractivity contribution in [2.75, 3.05) is 4.90 Å². The second-order valence-corrected chi connectivity index (χ2v) is 19.1. The molecule has 0 fully saturated rings. The summed E-state index contributed by atoms with van der Waals surface area (Å²) in [6.07, 6.45) is 0. The predicted molar refractivity (Wildman–Crippen MR) is 252 cm³/mol. The summed E-state index contributed by atoms with van der Waals surface area (Å²) >= 11 is 0. The van der Waals surface area contributed by atoms with Crippen molar-refractivity contribution in [3.05, 3.63) is 237 Å². The van der Waals surface area contributed by atoms with Gasteiger partial charge in [0.1, 0.15) is 11.2 Å². The first kappa shape index (κ1) is 34.8. The predicted octanol–water partition coefficient (Wildman–Crippen LogP) is 12.4. The molecule has 278 valence electrons. The minimum atomic E-state index is -2.60. The monoisotopic (exact) mass is 769 g/mol. The zero-order valence-electron chi connectivity index (χ0n) is 32.4. The van der Waals surface area contributed by atoms with E-state index < -0.39 is 8.07 Å². The van der Waals surface area contributed by atoms with E-state index in [0.717, 1.165) is 44.4 Å². The van der Waals surface area contributed by atoms with Crippen LogP contribution < -0.4 is 25.6 Å². The number of benzene rings is 10. The standard InChI is InChI=1S/C56H39NOSi/c1-4-18-46(19-5-1)59(47-20-6-2-7-21-47,48-22-8-3-9-23-48)49-35-29-41(30-36-49)40-27-32-44(33-28-40)57(54-26-14-17-42-15-10-12-24-50(42)54)45-34-38-55-53(39-45)52-37-31-43-16-11-13-25-51(43)56(52)58-55/h1-39H. The first-order valence-electron chi connectivity index (χ1n) is 20.3. The zero-order valence-corrected chi connectivity index (χ0v) is 33.4. The molecule has 2 nitrogen and oxygen atoms in total. The highest BCUT2D eigenvalue weighted by Crippen LogP contribution is 2.42. The van der Waals surface area contributed by atoms with Gasteiger partial charge in [0.15, 0.2) is 8.07 Å². The molecule has 0 saturated heterocycles. The molecule has 0 radical (unpaired) electrons. The first-order chi connectivity index (χ1) is 29.3. The van der Waals surface area contributed by atoms with Crippen LogP contribution in [0, 0.1) is 0 Å². The van der Waals surface area contributed by atoms with E-state index in [-0.39, 0.29) is 0 Å². The molecule has 3 heteroatoms. The number of furan rings is 1. The van der Waals surface area contributed by atoms with Crippen molar-refractivity contribution in [3.63, 3.8) is 0 Å². The maximum atomic E-state index is 6.54. The highest BCUT2D eigenvalue weighted by atomic mass is 28.3. The van der Waals surface area contributed by atoms with Crippen LogP contribution in [0.3, 0.4) is 0 Å². The number of hydrogen-bond acceptors (Lipinski definition) is 2. The van der Waals surface area contributed by atoms with Gasteiger partial charge in [-0.25, -0.2) is 0 Å². The molecule has 11 aromatic rings. The van der Waals surface area contributed by atoms with E-state index in [1.807, 2.05) is 0 Å². The Kier molecular flexibility index (Phi) is 8.53. The minimum absolute atomic E-state index is 0.885. The summed E-state index contributed by atoms with van der Waals surface area (Å²) in [5, 5.41) is 12.4. The van der Waals surface area contributed by atoms with Gasteiger partial charge in [-0.1, -0.05) is 194 Å². The molecule has 11 rings (SSSR count). The number of nitrogens with zero attached hydrogens (tertiary/aromatic N) is 1. The summed E-state index contributed by atoms with van der Waals surface area (Å²) in [6, 6.07) is 86.3. The average molecular weight is 770 g/mol. The molecule has 1 heterocycles. The number of anilines is 3. The molecule has 0 bridgehead atoms. The molecule has 0 atom stereocenters. The van der Waals surface area contributed by atoms with Crippen LogP contribution in [0.15, 0.2) is 241 Å². The molecule has 0 amide bonds. The van der Waals surface area contributed by atoms with Crippen molar-refractivity contribution in [1.82, 2.24) is 0 Å². The molecule has 0 saturated carbocycles. The Morgan fingerprint density at radius 1 is 0.322 bits per heavy atom. The van der Waals surface area contributed by atoms with Gasteiger partial charge in [0, 0.05) is 32.9 Å². The second kappa shape index (κ2) is 14.5. The molecule has 0 aliphatic heterocycles. The van der Waals surface area contributed by atoms with Crippen molar-refractivity contribution >= 4 is 89.4 Å². The summed E-state index contributed by atoms with van der Waals surface area (Å²) in [6.45, 7) is 0. The van der Waals surface area contributed by atoms with E-state index in [2.05, 4.69) is 241 Å². The fourth-order valence-corrected chi connectivity index (χ4v) is 14.0. The largest absolute Gasteiger partial charge is 0.455 e. The minimum Gasteiger partial charge on any atom is -0.455 e. The van der Waals surface area contributed by atoms with Crippen LogP contribution in [0.4, 0.5) is 17.1 Å². The van der Waals surface area contributed by atoms with E-state index in [9.17, 15) is 0 Å². The average Bonchev–Trinajstić information content (AvgIpc) is 3.70. The molecule has 0 N–H and O–H groups in total. The van der Waals surface area contributed by atoms with E-state index in [1.54, 1.807) is 0 Å². The summed E-state index contributed by atoms with van der Waals surface area (Å²) < 4.78 is 6.54. The molecule has 0 aliphatic rings. The molecule has 1 aromatic heterocycles. The van der Waals surface area contributed by atoms with E-state index >= 15 is 0 Å². The van der Waals surface area contributed by atoms with Crippen molar-refractivity contribution in [3.8, 4) is 11.1 Å². The van der Waals surface area contributed by atoms with Gasteiger partial charge in [0.25, 0.3) is 0 Å². The van der Waals surface area contributed by atoms with Gasteiger partial charge in [-0.05, 0) is 85.1 Å². The Morgan fingerprint density at radius 3 is 1.44 bits per heavy atom. The highest BCUT2D eigenvalue weighted by molar-refractivity contribution is 7.19. The maximum Gasteiger partial charge on any atom is 0.179 e. The third-order valence-corrected chi connectivity index (χ3v) is 16.8. The van der Waals surface area contributed by atoms with Gasteiger partial charge in [0.05, 0.1) is 5.69 Å². The lowest BCUT2D eigenvalue weighted by atomic mass is 10.0. The first-order valence-corrected chi connectivity index (χ1v) is 22.3. The van der Waals surface area contributed by atoms with Crippen LogP contribution in [0.25, 0.3) is 54.6 Å². The fraction of sp³-hybridized carbons (Fsp3) is 0. The quantitative estimate of drug-likeness (QED) is 0.113. The third-order valence-electron chi connectivity index (χ3n) is 12.0. The molecule has 0 unspecified atom stereocenters. The van der Waals surface area contributed by atoms with Gasteiger partial charge in [-0.15, -0.1) is 0 Å². The Bertz CT molecular complexity index is 3150. The Hall–Kier alpha value is -7.46. The van der Waals surface area contributed by atoms with Gasteiger partial charge >= 0.3 is 0 Å². The van der Waals surface area contributed by atoms with Crippen LogP contribution in [0.2, 0.25) is 0 Å². The van der Waals surface area contributed by atoms with E-state index in [1.165, 1.54) is 48.0 Å². The lowest BCUT2D eigenvalue weighted by Gasteiger charge is -2.34. The van der Waals surface area contributed by atoms with Gasteiger partial charge < -0.3 is 9.32 Å². The van der Waals surface area contributed by atoms with E-state index in [0.29, 0.717) is 0 Å². The van der Waals surface area contributed by atoms with E-state index in [4.69, 9.17) is 4.42 Å². The lowest BCUT2D eigenvalue weighted by Crippen LogP contribution is -2.74. The molecular weight excluding hydrogens is 731 g/mol. The Morgan fingerprint density at radius 2 is 0.814 bits per heavy atom. The number of hydrogen-bond donors (Lipinski definition) is 0. The third kappa shape index (κ3) is 5.86. The summed E-state index contributed by atoms with van der Waals surface area (Å²) in [5.41, 5.74) is 7.46. The maximum absolute atomic E-state index is 6.54. The smallest absolute Gasteiger partial charge is 0.179 e. The highest BCUT2D eigenvalue weighted by Gasteiger charge is 2.41. The van der Waals surface area contributed by atoms with Gasteiger partial charge in [0.2, 0.25) is 0 Å². The van der Waals surface area contributed by atoms with Crippen molar-refractivity contribution in [2.45, 2.75) is 0 Å². The van der Waals surface area contributed by atoms with Crippen LogP contribution in [-0.2, 0) is 0 Å². The zero-order chi connectivity index (χ0) is 39.2. The molecule has 0 spiro atoms. The van der Waals surface area contributed by atoms with Gasteiger partial charge in [-0.2, -0.15) is 0 Å². The summed E-state index contributed by atoms with van der Waals surface area (Å²) in [7, 11) is -2.60. The summed E-state index contributed by atoms with van der Waals surface area (Å²) in [4.78, 5) is 2.38.